The Kier molecular flexibility index (Phi) is 4.28. The van der Waals surface area contributed by atoms with Crippen LogP contribution in [0.3, 0.4) is 0 Å². The molecule has 0 saturated carbocycles. The number of anilines is 2. The van der Waals surface area contributed by atoms with Gasteiger partial charge in [-0.3, -0.25) is 0 Å². The second-order valence-electron chi connectivity index (χ2n) is 3.77. The molecule has 1 heterocycles. The SMILES string of the molecule is COC(=O)c1cc(N)cnc1N(C)C(C)CO. The predicted molar refractivity (Wildman–Crippen MR) is 64.9 cm³/mol. The van der Waals surface area contributed by atoms with E-state index in [9.17, 15) is 4.79 Å². The monoisotopic (exact) mass is 239 g/mol. The number of aromatic nitrogens is 1. The zero-order valence-electron chi connectivity index (χ0n) is 10.2. The first kappa shape index (κ1) is 13.2. The molecule has 94 valence electrons. The fraction of sp³-hybridized carbons (Fsp3) is 0.455. The van der Waals surface area contributed by atoms with Gasteiger partial charge < -0.3 is 20.5 Å². The highest BCUT2D eigenvalue weighted by Gasteiger charge is 2.19. The summed E-state index contributed by atoms with van der Waals surface area (Å²) in [7, 11) is 3.04. The Balaban J connectivity index is 3.18. The van der Waals surface area contributed by atoms with Gasteiger partial charge in [0.05, 0.1) is 31.6 Å². The number of nitrogens with two attached hydrogens (primary N) is 1. The predicted octanol–water partition coefficient (Wildman–Crippen LogP) is 0.267. The van der Waals surface area contributed by atoms with Crippen LogP contribution in [0.1, 0.15) is 17.3 Å². The number of pyridine rings is 1. The highest BCUT2D eigenvalue weighted by Crippen LogP contribution is 2.21. The van der Waals surface area contributed by atoms with E-state index in [0.29, 0.717) is 11.5 Å². The quantitative estimate of drug-likeness (QED) is 0.733. The van der Waals surface area contributed by atoms with Crippen molar-refractivity contribution in [3.8, 4) is 0 Å². The van der Waals surface area contributed by atoms with Crippen LogP contribution in [0, 0.1) is 0 Å². The summed E-state index contributed by atoms with van der Waals surface area (Å²) in [6, 6.07) is 1.35. The number of esters is 1. The second kappa shape index (κ2) is 5.49. The topological polar surface area (TPSA) is 88.7 Å². The molecule has 0 bridgehead atoms. The molecule has 0 aliphatic heterocycles. The number of aliphatic hydroxyl groups is 1. The second-order valence-corrected chi connectivity index (χ2v) is 3.77. The highest BCUT2D eigenvalue weighted by atomic mass is 16.5. The lowest BCUT2D eigenvalue weighted by atomic mass is 10.2. The van der Waals surface area contributed by atoms with Crippen LogP contribution in [-0.4, -0.2) is 42.9 Å². The number of hydrogen-bond donors (Lipinski definition) is 2. The van der Waals surface area contributed by atoms with Crippen LogP contribution in [-0.2, 0) is 4.74 Å². The Morgan fingerprint density at radius 1 is 1.71 bits per heavy atom. The van der Waals surface area contributed by atoms with E-state index in [0.717, 1.165) is 0 Å². The van der Waals surface area contributed by atoms with Gasteiger partial charge in [0.15, 0.2) is 0 Å². The van der Waals surface area contributed by atoms with Gasteiger partial charge in [-0.15, -0.1) is 0 Å². The highest BCUT2D eigenvalue weighted by molar-refractivity contribution is 5.95. The van der Waals surface area contributed by atoms with E-state index in [1.807, 2.05) is 6.92 Å². The van der Waals surface area contributed by atoms with E-state index in [1.165, 1.54) is 19.4 Å². The molecule has 0 saturated heterocycles. The number of ether oxygens (including phenoxy) is 1. The standard InChI is InChI=1S/C11H17N3O3/c1-7(6-15)14(2)10-9(11(16)17-3)4-8(12)5-13-10/h4-5,7,15H,6,12H2,1-3H3. The number of carbonyl (C=O) groups is 1. The summed E-state index contributed by atoms with van der Waals surface area (Å²) in [6.45, 7) is 1.78. The van der Waals surface area contributed by atoms with Crippen molar-refractivity contribution < 1.29 is 14.6 Å². The van der Waals surface area contributed by atoms with Gasteiger partial charge in [0, 0.05) is 7.05 Å². The average Bonchev–Trinajstić information content (AvgIpc) is 2.35. The summed E-state index contributed by atoms with van der Waals surface area (Å²) in [4.78, 5) is 17.4. The normalized spacial score (nSPS) is 12.0. The maximum absolute atomic E-state index is 11.6. The van der Waals surface area contributed by atoms with Gasteiger partial charge in [-0.05, 0) is 13.0 Å². The Bertz CT molecular complexity index is 409. The van der Waals surface area contributed by atoms with Crippen LogP contribution < -0.4 is 10.6 Å². The lowest BCUT2D eigenvalue weighted by Crippen LogP contribution is -2.33. The lowest BCUT2D eigenvalue weighted by Gasteiger charge is -2.25. The van der Waals surface area contributed by atoms with Crippen LogP contribution in [0.2, 0.25) is 0 Å². The van der Waals surface area contributed by atoms with Crippen LogP contribution in [0.25, 0.3) is 0 Å². The Labute approximate surface area is 100 Å². The number of hydrogen-bond acceptors (Lipinski definition) is 6. The molecule has 0 aromatic carbocycles. The number of likely N-dealkylation sites (N-methyl/N-ethyl adjacent to an activating group) is 1. The Morgan fingerprint density at radius 2 is 2.35 bits per heavy atom. The third kappa shape index (κ3) is 2.85. The molecule has 0 amide bonds. The zero-order chi connectivity index (χ0) is 13.0. The molecule has 1 aromatic heterocycles. The number of nitrogens with zero attached hydrogens (tertiary/aromatic N) is 2. The summed E-state index contributed by atoms with van der Waals surface area (Å²) >= 11 is 0. The van der Waals surface area contributed by atoms with E-state index >= 15 is 0 Å². The molecule has 0 fully saturated rings. The van der Waals surface area contributed by atoms with Gasteiger partial charge in [-0.2, -0.15) is 0 Å². The largest absolute Gasteiger partial charge is 0.465 e. The van der Waals surface area contributed by atoms with E-state index < -0.39 is 5.97 Å². The molecule has 0 aliphatic carbocycles. The van der Waals surface area contributed by atoms with Crippen LogP contribution in [0.15, 0.2) is 12.3 Å². The van der Waals surface area contributed by atoms with E-state index in [2.05, 4.69) is 9.72 Å². The van der Waals surface area contributed by atoms with Gasteiger partial charge in [0.2, 0.25) is 0 Å². The molecule has 17 heavy (non-hydrogen) atoms. The van der Waals surface area contributed by atoms with Crippen LogP contribution in [0.5, 0.6) is 0 Å². The number of methoxy groups -OCH3 is 1. The van der Waals surface area contributed by atoms with Crippen molar-refractivity contribution in [2.24, 2.45) is 0 Å². The van der Waals surface area contributed by atoms with Crippen LogP contribution >= 0.6 is 0 Å². The van der Waals surface area contributed by atoms with Gasteiger partial charge in [-0.25, -0.2) is 9.78 Å². The molecular weight excluding hydrogens is 222 g/mol. The minimum absolute atomic E-state index is 0.0385. The minimum Gasteiger partial charge on any atom is -0.465 e. The Morgan fingerprint density at radius 3 is 2.88 bits per heavy atom. The molecule has 0 aliphatic rings. The average molecular weight is 239 g/mol. The van der Waals surface area contributed by atoms with Crippen molar-refractivity contribution in [3.63, 3.8) is 0 Å². The van der Waals surface area contributed by atoms with Gasteiger partial charge in [0.1, 0.15) is 11.4 Å². The van der Waals surface area contributed by atoms with Crippen LogP contribution in [0.4, 0.5) is 11.5 Å². The van der Waals surface area contributed by atoms with Gasteiger partial charge in [-0.1, -0.05) is 0 Å². The molecule has 1 unspecified atom stereocenters. The molecular formula is C11H17N3O3. The molecule has 3 N–H and O–H groups in total. The molecule has 6 heteroatoms. The van der Waals surface area contributed by atoms with E-state index in [-0.39, 0.29) is 18.2 Å². The van der Waals surface area contributed by atoms with Crippen molar-refractivity contribution in [3.05, 3.63) is 17.8 Å². The fourth-order valence-corrected chi connectivity index (χ4v) is 1.35. The third-order valence-corrected chi connectivity index (χ3v) is 2.55. The first-order valence-corrected chi connectivity index (χ1v) is 5.18. The minimum atomic E-state index is -0.503. The summed E-state index contributed by atoms with van der Waals surface area (Å²) < 4.78 is 4.67. The van der Waals surface area contributed by atoms with Crippen molar-refractivity contribution in [2.75, 3.05) is 31.4 Å². The summed E-state index contributed by atoms with van der Waals surface area (Å²) in [5, 5.41) is 9.10. The number of nitrogen functional groups attached to an aromatic ring is 1. The molecule has 1 atom stereocenters. The zero-order valence-corrected chi connectivity index (χ0v) is 10.2. The molecule has 1 rings (SSSR count). The van der Waals surface area contributed by atoms with Crippen molar-refractivity contribution in [1.82, 2.24) is 4.98 Å². The van der Waals surface area contributed by atoms with Crippen molar-refractivity contribution >= 4 is 17.5 Å². The van der Waals surface area contributed by atoms with Gasteiger partial charge in [0.25, 0.3) is 0 Å². The fourth-order valence-electron chi connectivity index (χ4n) is 1.35. The number of aliphatic hydroxyl groups excluding tert-OH is 1. The molecule has 0 radical (unpaired) electrons. The van der Waals surface area contributed by atoms with E-state index in [1.54, 1.807) is 11.9 Å². The van der Waals surface area contributed by atoms with E-state index in [4.69, 9.17) is 10.8 Å². The molecule has 0 spiro atoms. The molecule has 6 nitrogen and oxygen atoms in total. The summed E-state index contributed by atoms with van der Waals surface area (Å²) in [5.41, 5.74) is 6.27. The number of carbonyl (C=O) groups excluding carboxylic acids is 1. The van der Waals surface area contributed by atoms with Gasteiger partial charge >= 0.3 is 5.97 Å². The molecule has 1 aromatic rings. The lowest BCUT2D eigenvalue weighted by molar-refractivity contribution is 0.0601. The maximum Gasteiger partial charge on any atom is 0.341 e. The first-order valence-electron chi connectivity index (χ1n) is 5.18. The maximum atomic E-state index is 11.6. The summed E-state index contributed by atoms with van der Waals surface area (Å²) in [6.07, 6.45) is 1.46. The Hall–Kier alpha value is -1.82. The summed E-state index contributed by atoms with van der Waals surface area (Å²) in [5.74, 6) is -0.0654. The smallest absolute Gasteiger partial charge is 0.341 e. The van der Waals surface area contributed by atoms with Crippen molar-refractivity contribution in [1.29, 1.82) is 0 Å². The van der Waals surface area contributed by atoms with Crippen molar-refractivity contribution in [2.45, 2.75) is 13.0 Å². The number of rotatable bonds is 4. The third-order valence-electron chi connectivity index (χ3n) is 2.55. The first-order chi connectivity index (χ1) is 8.01.